The molecule has 1 aromatic carbocycles. The van der Waals surface area contributed by atoms with Crippen LogP contribution >= 0.6 is 15.9 Å². The van der Waals surface area contributed by atoms with Gasteiger partial charge in [0.1, 0.15) is 0 Å². The number of nitrogens with zero attached hydrogens (tertiary/aromatic N) is 2. The molecule has 1 fully saturated rings. The highest BCUT2D eigenvalue weighted by Crippen LogP contribution is 2.30. The molecule has 1 aromatic rings. The van der Waals surface area contributed by atoms with Crippen molar-refractivity contribution in [2.24, 2.45) is 5.92 Å². The molecule has 1 aliphatic carbocycles. The third kappa shape index (κ3) is 2.87. The predicted molar refractivity (Wildman–Crippen MR) is 70.5 cm³/mol. The van der Waals surface area contributed by atoms with Gasteiger partial charge in [-0.05, 0) is 40.8 Å². The summed E-state index contributed by atoms with van der Waals surface area (Å²) in [4.78, 5) is 24.0. The van der Waals surface area contributed by atoms with E-state index >= 15 is 0 Å². The van der Waals surface area contributed by atoms with Crippen molar-refractivity contribution < 1.29 is 9.72 Å². The van der Waals surface area contributed by atoms with Crippen molar-refractivity contribution in [3.05, 3.63) is 38.3 Å². The van der Waals surface area contributed by atoms with Gasteiger partial charge >= 0.3 is 0 Å². The highest BCUT2D eigenvalue weighted by molar-refractivity contribution is 9.10. The van der Waals surface area contributed by atoms with Gasteiger partial charge in [-0.3, -0.25) is 14.9 Å². The molecule has 0 aliphatic heterocycles. The molecular weight excluding hydrogens is 300 g/mol. The minimum atomic E-state index is -0.496. The van der Waals surface area contributed by atoms with Crippen molar-refractivity contribution in [2.45, 2.75) is 12.8 Å². The van der Waals surface area contributed by atoms with Gasteiger partial charge in [0.25, 0.3) is 11.6 Å². The van der Waals surface area contributed by atoms with E-state index in [2.05, 4.69) is 15.9 Å². The number of carbonyl (C=O) groups is 1. The third-order valence-corrected chi connectivity index (χ3v) is 3.66. The lowest BCUT2D eigenvalue weighted by atomic mass is 10.1. The fourth-order valence-electron chi connectivity index (χ4n) is 1.77. The molecule has 2 rings (SSSR count). The quantitative estimate of drug-likeness (QED) is 0.634. The van der Waals surface area contributed by atoms with Gasteiger partial charge in [0.05, 0.1) is 10.5 Å². The number of non-ortho nitro benzene ring substituents is 1. The standard InChI is InChI=1S/C12H13BrN2O3/c1-14(7-8-2-3-8)12(16)10-6-9(15(17)18)4-5-11(10)13/h4-6,8H,2-3,7H2,1H3. The maximum atomic E-state index is 12.2. The van der Waals surface area contributed by atoms with Crippen LogP contribution in [0.15, 0.2) is 22.7 Å². The van der Waals surface area contributed by atoms with Gasteiger partial charge in [0.2, 0.25) is 0 Å². The van der Waals surface area contributed by atoms with Crippen LogP contribution in [0.25, 0.3) is 0 Å². The average molecular weight is 313 g/mol. The first-order valence-electron chi connectivity index (χ1n) is 5.68. The van der Waals surface area contributed by atoms with Gasteiger partial charge in [-0.15, -0.1) is 0 Å². The zero-order valence-corrected chi connectivity index (χ0v) is 11.5. The number of nitro benzene ring substituents is 1. The second kappa shape index (κ2) is 5.06. The Hall–Kier alpha value is -1.43. The molecule has 1 amide bonds. The third-order valence-electron chi connectivity index (χ3n) is 2.97. The van der Waals surface area contributed by atoms with Crippen LogP contribution in [0.2, 0.25) is 0 Å². The summed E-state index contributed by atoms with van der Waals surface area (Å²) in [5.41, 5.74) is 0.272. The van der Waals surface area contributed by atoms with Gasteiger partial charge < -0.3 is 4.90 Å². The number of halogens is 1. The molecule has 1 saturated carbocycles. The molecule has 5 nitrogen and oxygen atoms in total. The summed E-state index contributed by atoms with van der Waals surface area (Å²) in [5, 5.41) is 10.7. The minimum absolute atomic E-state index is 0.0682. The second-order valence-electron chi connectivity index (χ2n) is 4.55. The van der Waals surface area contributed by atoms with Crippen LogP contribution in [-0.4, -0.2) is 29.3 Å². The van der Waals surface area contributed by atoms with E-state index < -0.39 is 4.92 Å². The van der Waals surface area contributed by atoms with E-state index in [1.54, 1.807) is 11.9 Å². The number of nitro groups is 1. The van der Waals surface area contributed by atoms with Crippen LogP contribution in [0, 0.1) is 16.0 Å². The molecule has 0 unspecified atom stereocenters. The highest BCUT2D eigenvalue weighted by Gasteiger charge is 2.26. The van der Waals surface area contributed by atoms with E-state index in [-0.39, 0.29) is 11.6 Å². The van der Waals surface area contributed by atoms with Crippen LogP contribution in [0.5, 0.6) is 0 Å². The Labute approximate surface area is 113 Å². The van der Waals surface area contributed by atoms with E-state index in [4.69, 9.17) is 0 Å². The first-order valence-corrected chi connectivity index (χ1v) is 6.47. The number of rotatable bonds is 4. The molecule has 0 bridgehead atoms. The zero-order chi connectivity index (χ0) is 13.3. The smallest absolute Gasteiger partial charge is 0.270 e. The van der Waals surface area contributed by atoms with E-state index in [0.29, 0.717) is 22.5 Å². The van der Waals surface area contributed by atoms with Gasteiger partial charge in [0, 0.05) is 30.2 Å². The molecule has 6 heteroatoms. The van der Waals surface area contributed by atoms with Crippen molar-refractivity contribution >= 4 is 27.5 Å². The molecule has 1 aliphatic rings. The summed E-state index contributed by atoms with van der Waals surface area (Å²) in [5.74, 6) is 0.411. The van der Waals surface area contributed by atoms with Crippen molar-refractivity contribution in [1.29, 1.82) is 0 Å². The van der Waals surface area contributed by atoms with Crippen molar-refractivity contribution in [3.63, 3.8) is 0 Å². The summed E-state index contributed by atoms with van der Waals surface area (Å²) in [6.45, 7) is 0.716. The zero-order valence-electron chi connectivity index (χ0n) is 9.93. The highest BCUT2D eigenvalue weighted by atomic mass is 79.9. The maximum Gasteiger partial charge on any atom is 0.270 e. The first kappa shape index (κ1) is 13.0. The summed E-state index contributed by atoms with van der Waals surface area (Å²) < 4.78 is 0.584. The van der Waals surface area contributed by atoms with Crippen LogP contribution in [0.3, 0.4) is 0 Å². The maximum absolute atomic E-state index is 12.2. The number of hydrogen-bond acceptors (Lipinski definition) is 3. The van der Waals surface area contributed by atoms with Crippen LogP contribution in [0.4, 0.5) is 5.69 Å². The molecule has 0 N–H and O–H groups in total. The molecule has 18 heavy (non-hydrogen) atoms. The molecular formula is C12H13BrN2O3. The number of hydrogen-bond donors (Lipinski definition) is 0. The fraction of sp³-hybridized carbons (Fsp3) is 0.417. The Kier molecular flexibility index (Phi) is 3.65. The molecule has 0 radical (unpaired) electrons. The fourth-order valence-corrected chi connectivity index (χ4v) is 2.18. The summed E-state index contributed by atoms with van der Waals surface area (Å²) in [7, 11) is 1.73. The van der Waals surface area contributed by atoms with Crippen LogP contribution in [-0.2, 0) is 0 Å². The number of benzene rings is 1. The molecule has 96 valence electrons. The average Bonchev–Trinajstić information content (AvgIpc) is 3.12. The van der Waals surface area contributed by atoms with Crippen LogP contribution in [0.1, 0.15) is 23.2 Å². The predicted octanol–water partition coefficient (Wildman–Crippen LogP) is 2.84. The van der Waals surface area contributed by atoms with Crippen molar-refractivity contribution in [3.8, 4) is 0 Å². The second-order valence-corrected chi connectivity index (χ2v) is 5.40. The molecule has 0 atom stereocenters. The Morgan fingerprint density at radius 3 is 2.78 bits per heavy atom. The normalized spacial score (nSPS) is 14.3. The van der Waals surface area contributed by atoms with E-state index in [9.17, 15) is 14.9 Å². The molecule has 0 saturated heterocycles. The molecule has 0 spiro atoms. The van der Waals surface area contributed by atoms with Gasteiger partial charge in [-0.2, -0.15) is 0 Å². The first-order chi connectivity index (χ1) is 8.49. The SMILES string of the molecule is CN(CC1CC1)C(=O)c1cc([N+](=O)[O-])ccc1Br. The number of amides is 1. The van der Waals surface area contributed by atoms with Gasteiger partial charge in [0.15, 0.2) is 0 Å². The lowest BCUT2D eigenvalue weighted by Gasteiger charge is -2.17. The van der Waals surface area contributed by atoms with Crippen LogP contribution < -0.4 is 0 Å². The molecule has 0 heterocycles. The van der Waals surface area contributed by atoms with Gasteiger partial charge in [-0.25, -0.2) is 0 Å². The van der Waals surface area contributed by atoms with E-state index in [0.717, 1.165) is 12.8 Å². The van der Waals surface area contributed by atoms with E-state index in [1.807, 2.05) is 0 Å². The van der Waals surface area contributed by atoms with E-state index in [1.165, 1.54) is 18.2 Å². The van der Waals surface area contributed by atoms with Crippen molar-refractivity contribution in [2.75, 3.05) is 13.6 Å². The summed E-state index contributed by atoms with van der Waals surface area (Å²) in [6.07, 6.45) is 2.32. The Bertz CT molecular complexity index is 500. The Balaban J connectivity index is 2.22. The Morgan fingerprint density at radius 1 is 1.56 bits per heavy atom. The minimum Gasteiger partial charge on any atom is -0.341 e. The lowest BCUT2D eigenvalue weighted by Crippen LogP contribution is -2.29. The van der Waals surface area contributed by atoms with Crippen molar-refractivity contribution in [1.82, 2.24) is 4.90 Å². The topological polar surface area (TPSA) is 63.5 Å². The Morgan fingerprint density at radius 2 is 2.22 bits per heavy atom. The summed E-state index contributed by atoms with van der Waals surface area (Å²) >= 11 is 3.26. The monoisotopic (exact) mass is 312 g/mol. The number of carbonyl (C=O) groups excluding carboxylic acids is 1. The lowest BCUT2D eigenvalue weighted by molar-refractivity contribution is -0.384. The van der Waals surface area contributed by atoms with Gasteiger partial charge in [-0.1, -0.05) is 0 Å². The molecule has 0 aromatic heterocycles. The summed E-state index contributed by atoms with van der Waals surface area (Å²) in [6, 6.07) is 4.23. The largest absolute Gasteiger partial charge is 0.341 e.